The first-order valence-corrected chi connectivity index (χ1v) is 13.1. The molecule has 0 aliphatic carbocycles. The molecule has 180 valence electrons. The first-order valence-electron chi connectivity index (χ1n) is 11.6. The van der Waals surface area contributed by atoms with Gasteiger partial charge in [-0.25, -0.2) is 8.42 Å². The number of allylic oxidation sites excluding steroid dienone is 4. The van der Waals surface area contributed by atoms with Crippen molar-refractivity contribution in [1.82, 2.24) is 0 Å². The van der Waals surface area contributed by atoms with Gasteiger partial charge in [-0.15, -0.1) is 0 Å². The van der Waals surface area contributed by atoms with E-state index in [1.54, 1.807) is 24.3 Å². The molecular formula is C29H25N2O4S+. The maximum Gasteiger partial charge on any atom is 0.215 e. The zero-order chi connectivity index (χ0) is 25.7. The van der Waals surface area contributed by atoms with Crippen LogP contribution in [0, 0.1) is 11.3 Å². The molecule has 2 aromatic carbocycles. The molecule has 0 amide bonds. The second-order valence-corrected chi connectivity index (χ2v) is 11.3. The van der Waals surface area contributed by atoms with Gasteiger partial charge in [-0.3, -0.25) is 0 Å². The summed E-state index contributed by atoms with van der Waals surface area (Å²) in [5, 5.41) is 29.6. The molecule has 3 heterocycles. The van der Waals surface area contributed by atoms with Crippen molar-refractivity contribution in [1.29, 1.82) is 5.26 Å². The Morgan fingerprint density at radius 2 is 1.92 bits per heavy atom. The van der Waals surface area contributed by atoms with Crippen molar-refractivity contribution in [3.8, 4) is 11.8 Å². The molecule has 36 heavy (non-hydrogen) atoms. The van der Waals surface area contributed by atoms with E-state index in [0.29, 0.717) is 17.6 Å². The molecule has 2 N–H and O–H groups in total. The van der Waals surface area contributed by atoms with Crippen molar-refractivity contribution in [3.63, 3.8) is 0 Å². The first kappa shape index (κ1) is 23.7. The summed E-state index contributed by atoms with van der Waals surface area (Å²) in [7, 11) is -3.82. The van der Waals surface area contributed by atoms with Crippen LogP contribution in [-0.2, 0) is 21.7 Å². The summed E-state index contributed by atoms with van der Waals surface area (Å²) >= 11 is 0. The van der Waals surface area contributed by atoms with Crippen molar-refractivity contribution in [3.05, 3.63) is 112 Å². The minimum Gasteiger partial charge on any atom is -0.506 e. The highest BCUT2D eigenvalue weighted by Gasteiger charge is 2.44. The lowest BCUT2D eigenvalue weighted by atomic mass is 9.82. The largest absolute Gasteiger partial charge is 0.506 e. The fourth-order valence-electron chi connectivity index (χ4n) is 4.95. The Bertz CT molecular complexity index is 1650. The number of fused-ring (bicyclic) bond motifs is 4. The lowest BCUT2D eigenvalue weighted by Crippen LogP contribution is -2.34. The molecule has 0 atom stereocenters. The van der Waals surface area contributed by atoms with E-state index in [1.165, 1.54) is 18.2 Å². The Morgan fingerprint density at radius 3 is 2.64 bits per heavy atom. The van der Waals surface area contributed by atoms with Gasteiger partial charge in [0, 0.05) is 41.5 Å². The van der Waals surface area contributed by atoms with Gasteiger partial charge in [0.2, 0.25) is 15.5 Å². The van der Waals surface area contributed by atoms with Gasteiger partial charge in [0.25, 0.3) is 0 Å². The van der Waals surface area contributed by atoms with Crippen LogP contribution < -0.4 is 4.57 Å². The first-order chi connectivity index (χ1) is 17.2. The van der Waals surface area contributed by atoms with E-state index in [1.807, 2.05) is 24.4 Å². The number of aliphatic hydroxyl groups excluding tert-OH is 2. The lowest BCUT2D eigenvalue weighted by Gasteiger charge is -2.15. The molecule has 1 aromatic heterocycles. The molecule has 2 aliphatic heterocycles. The van der Waals surface area contributed by atoms with Crippen molar-refractivity contribution < 1.29 is 23.2 Å². The number of aliphatic hydroxyl groups is 2. The average Bonchev–Trinajstić information content (AvgIpc) is 3.21. The van der Waals surface area contributed by atoms with Crippen LogP contribution in [0.1, 0.15) is 41.8 Å². The van der Waals surface area contributed by atoms with Gasteiger partial charge in [-0.1, -0.05) is 24.3 Å². The van der Waals surface area contributed by atoms with Crippen LogP contribution in [0.5, 0.6) is 0 Å². The second kappa shape index (κ2) is 8.59. The van der Waals surface area contributed by atoms with Crippen LogP contribution in [0.15, 0.2) is 88.8 Å². The van der Waals surface area contributed by atoms with E-state index in [4.69, 9.17) is 0 Å². The number of hydrogen-bond donors (Lipinski definition) is 2. The molecule has 0 radical (unpaired) electrons. The monoisotopic (exact) mass is 497 g/mol. The van der Waals surface area contributed by atoms with Crippen molar-refractivity contribution >= 4 is 21.2 Å². The topological polar surface area (TPSA) is 102 Å². The summed E-state index contributed by atoms with van der Waals surface area (Å²) < 4.78 is 27.7. The fraction of sp³-hybridized carbons (Fsp3) is 0.172. The summed E-state index contributed by atoms with van der Waals surface area (Å²) in [4.78, 5) is -0.108. The fourth-order valence-corrected chi connectivity index (χ4v) is 6.52. The van der Waals surface area contributed by atoms with Gasteiger partial charge in [-0.2, -0.15) is 9.83 Å². The number of nitriles is 1. The van der Waals surface area contributed by atoms with E-state index in [-0.39, 0.29) is 33.1 Å². The third kappa shape index (κ3) is 3.58. The Balaban J connectivity index is 1.49. The molecule has 0 fully saturated rings. The molecule has 0 unspecified atom stereocenters. The van der Waals surface area contributed by atoms with Gasteiger partial charge in [0.1, 0.15) is 10.7 Å². The predicted molar refractivity (Wildman–Crippen MR) is 137 cm³/mol. The van der Waals surface area contributed by atoms with Gasteiger partial charge in [0.15, 0.2) is 11.9 Å². The summed E-state index contributed by atoms with van der Waals surface area (Å²) in [6.07, 6.45) is 6.89. The Hall–Kier alpha value is -3.99. The van der Waals surface area contributed by atoms with Gasteiger partial charge in [0.05, 0.1) is 22.0 Å². The number of rotatable bonds is 5. The quantitative estimate of drug-likeness (QED) is 0.311. The highest BCUT2D eigenvalue weighted by atomic mass is 32.2. The number of pyridine rings is 1. The molecular weight excluding hydrogens is 472 g/mol. The summed E-state index contributed by atoms with van der Waals surface area (Å²) in [6, 6.07) is 18.6. The number of aromatic nitrogens is 1. The minimum atomic E-state index is -3.82. The van der Waals surface area contributed by atoms with Crippen molar-refractivity contribution in [2.24, 2.45) is 0 Å². The number of benzene rings is 2. The molecule has 3 aromatic rings. The van der Waals surface area contributed by atoms with Gasteiger partial charge < -0.3 is 10.2 Å². The summed E-state index contributed by atoms with van der Waals surface area (Å²) in [6.45, 7) is 4.35. The van der Waals surface area contributed by atoms with E-state index in [2.05, 4.69) is 36.6 Å². The van der Waals surface area contributed by atoms with Gasteiger partial charge in [-0.05, 0) is 56.2 Å². The Morgan fingerprint density at radius 1 is 1.14 bits per heavy atom. The SMILES string of the molecule is CC1(C)c2cc(CCO)ccc2-[n+]2ccc(/C(C#N)=C/C=C/C3=C(O)c4ccccc4S3(=O)=O)cc21. The van der Waals surface area contributed by atoms with Crippen LogP contribution in [0.25, 0.3) is 17.0 Å². The third-order valence-corrected chi connectivity index (χ3v) is 8.73. The van der Waals surface area contributed by atoms with Gasteiger partial charge >= 0.3 is 0 Å². The summed E-state index contributed by atoms with van der Waals surface area (Å²) in [5.41, 5.74) is 5.36. The maximum absolute atomic E-state index is 12.8. The molecule has 0 saturated carbocycles. The molecule has 0 spiro atoms. The van der Waals surface area contributed by atoms with Crippen LogP contribution in [0.4, 0.5) is 0 Å². The van der Waals surface area contributed by atoms with Crippen LogP contribution in [-0.4, -0.2) is 25.2 Å². The maximum atomic E-state index is 12.8. The van der Waals surface area contributed by atoms with Crippen molar-refractivity contribution in [2.45, 2.75) is 30.6 Å². The van der Waals surface area contributed by atoms with E-state index in [9.17, 15) is 23.9 Å². The number of sulfone groups is 1. The van der Waals surface area contributed by atoms with E-state index < -0.39 is 9.84 Å². The molecule has 0 bridgehead atoms. The van der Waals surface area contributed by atoms with Crippen LogP contribution in [0.3, 0.4) is 0 Å². The highest BCUT2D eigenvalue weighted by Crippen LogP contribution is 2.40. The van der Waals surface area contributed by atoms with E-state index >= 15 is 0 Å². The zero-order valence-electron chi connectivity index (χ0n) is 19.9. The predicted octanol–water partition coefficient (Wildman–Crippen LogP) is 4.31. The normalized spacial score (nSPS) is 17.1. The standard InChI is InChI=1S/C29H24N2O4S/c1-29(2)23-16-19(13-15-32)10-11-24(23)31-14-12-20(17-27(29)31)21(18-30)6-5-9-26-28(33)22-7-3-4-8-25(22)36(26,34)35/h3-12,14,16-17,32H,13,15H2,1-2H3/p+1. The molecule has 6 nitrogen and oxygen atoms in total. The average molecular weight is 498 g/mol. The van der Waals surface area contributed by atoms with Crippen molar-refractivity contribution in [2.75, 3.05) is 6.61 Å². The lowest BCUT2D eigenvalue weighted by molar-refractivity contribution is -0.599. The zero-order valence-corrected chi connectivity index (χ0v) is 20.7. The molecule has 0 saturated heterocycles. The Kier molecular flexibility index (Phi) is 5.67. The smallest absolute Gasteiger partial charge is 0.215 e. The minimum absolute atomic E-state index is 0.0752. The second-order valence-electron chi connectivity index (χ2n) is 9.38. The number of nitrogens with zero attached hydrogens (tertiary/aromatic N) is 2. The van der Waals surface area contributed by atoms with Crippen LogP contribution in [0.2, 0.25) is 0 Å². The molecule has 2 aliphatic rings. The number of hydrogen-bond acceptors (Lipinski definition) is 5. The molecule has 5 rings (SSSR count). The Labute approximate surface area is 210 Å². The molecule has 7 heteroatoms. The van der Waals surface area contributed by atoms with Crippen LogP contribution >= 0.6 is 0 Å². The van der Waals surface area contributed by atoms with E-state index in [0.717, 1.165) is 22.5 Å². The highest BCUT2D eigenvalue weighted by molar-refractivity contribution is 7.96. The summed E-state index contributed by atoms with van der Waals surface area (Å²) in [5.74, 6) is -0.289. The third-order valence-electron chi connectivity index (χ3n) is 6.89.